The van der Waals surface area contributed by atoms with Crippen molar-refractivity contribution in [2.75, 3.05) is 7.05 Å². The second kappa shape index (κ2) is 6.35. The molecule has 2 aromatic rings. The second-order valence-electron chi connectivity index (χ2n) is 3.79. The fourth-order valence-corrected chi connectivity index (χ4v) is 3.51. The monoisotopic (exact) mass is 364 g/mol. The number of thiophene rings is 1. The van der Waals surface area contributed by atoms with Gasteiger partial charge in [0.25, 0.3) is 0 Å². The Labute approximate surface area is 128 Å². The van der Waals surface area contributed by atoms with Gasteiger partial charge in [0.05, 0.1) is 8.67 Å². The van der Waals surface area contributed by atoms with Crippen LogP contribution in [0.4, 0.5) is 0 Å². The van der Waals surface area contributed by atoms with E-state index in [2.05, 4.69) is 26.2 Å². The highest BCUT2D eigenvalue weighted by molar-refractivity contribution is 9.10. The summed E-state index contributed by atoms with van der Waals surface area (Å²) >= 11 is 16.9. The van der Waals surface area contributed by atoms with Crippen LogP contribution >= 0.6 is 50.5 Å². The molecule has 0 spiro atoms. The molecule has 2 aromatic heterocycles. The van der Waals surface area contributed by atoms with Gasteiger partial charge < -0.3 is 5.32 Å². The summed E-state index contributed by atoms with van der Waals surface area (Å²) in [6.45, 7) is 0. The van der Waals surface area contributed by atoms with Crippen LogP contribution in [-0.4, -0.2) is 12.0 Å². The van der Waals surface area contributed by atoms with Crippen LogP contribution in [-0.2, 0) is 6.42 Å². The third-order valence-corrected chi connectivity index (χ3v) is 4.60. The van der Waals surface area contributed by atoms with Crippen molar-refractivity contribution in [2.24, 2.45) is 0 Å². The standard InChI is InChI=1S/C12H11BrCl2N2S/c1-16-10(9-5-11(14)18-12(9)15)4-8-3-2-7(13)6-17-8/h2-3,5-6,10,16H,4H2,1H3. The van der Waals surface area contributed by atoms with Crippen molar-refractivity contribution in [2.45, 2.75) is 12.5 Å². The first-order chi connectivity index (χ1) is 8.60. The number of rotatable bonds is 4. The summed E-state index contributed by atoms with van der Waals surface area (Å²) in [4.78, 5) is 4.37. The van der Waals surface area contributed by atoms with E-state index < -0.39 is 0 Å². The molecule has 1 N–H and O–H groups in total. The molecule has 2 heterocycles. The Hall–Kier alpha value is -0.130. The number of nitrogens with zero attached hydrogens (tertiary/aromatic N) is 1. The van der Waals surface area contributed by atoms with Gasteiger partial charge in [-0.25, -0.2) is 0 Å². The fraction of sp³-hybridized carbons (Fsp3) is 0.250. The van der Waals surface area contributed by atoms with Crippen LogP contribution in [0.3, 0.4) is 0 Å². The first-order valence-corrected chi connectivity index (χ1v) is 7.69. The summed E-state index contributed by atoms with van der Waals surface area (Å²) in [6.07, 6.45) is 2.57. The van der Waals surface area contributed by atoms with Crippen LogP contribution in [0.1, 0.15) is 17.3 Å². The summed E-state index contributed by atoms with van der Waals surface area (Å²) in [5.41, 5.74) is 2.04. The lowest BCUT2D eigenvalue weighted by molar-refractivity contribution is 0.586. The third-order valence-electron chi connectivity index (χ3n) is 2.61. The average molecular weight is 366 g/mol. The largest absolute Gasteiger partial charge is 0.313 e. The number of hydrogen-bond acceptors (Lipinski definition) is 3. The number of aromatic nitrogens is 1. The quantitative estimate of drug-likeness (QED) is 0.848. The normalized spacial score (nSPS) is 12.7. The molecule has 0 aromatic carbocycles. The van der Waals surface area contributed by atoms with E-state index in [-0.39, 0.29) is 6.04 Å². The van der Waals surface area contributed by atoms with Crippen molar-refractivity contribution in [3.8, 4) is 0 Å². The molecule has 0 amide bonds. The van der Waals surface area contributed by atoms with Crippen LogP contribution in [0.25, 0.3) is 0 Å². The average Bonchev–Trinajstić information content (AvgIpc) is 2.68. The lowest BCUT2D eigenvalue weighted by Crippen LogP contribution is -2.19. The highest BCUT2D eigenvalue weighted by atomic mass is 79.9. The summed E-state index contributed by atoms with van der Waals surface area (Å²) < 4.78 is 2.42. The van der Waals surface area contributed by atoms with Gasteiger partial charge in [-0.3, -0.25) is 4.98 Å². The molecule has 2 rings (SSSR count). The van der Waals surface area contributed by atoms with Crippen molar-refractivity contribution in [1.29, 1.82) is 0 Å². The topological polar surface area (TPSA) is 24.9 Å². The minimum atomic E-state index is 0.120. The molecule has 0 saturated heterocycles. The molecule has 0 aliphatic rings. The van der Waals surface area contributed by atoms with E-state index in [0.717, 1.165) is 26.5 Å². The molecule has 1 unspecified atom stereocenters. The molecule has 0 saturated carbocycles. The molecule has 0 bridgehead atoms. The van der Waals surface area contributed by atoms with E-state index in [9.17, 15) is 0 Å². The molecule has 18 heavy (non-hydrogen) atoms. The molecule has 96 valence electrons. The summed E-state index contributed by atoms with van der Waals surface area (Å²) in [5.74, 6) is 0. The van der Waals surface area contributed by atoms with Gasteiger partial charge in [0.2, 0.25) is 0 Å². The Kier molecular flexibility index (Phi) is 5.04. The third kappa shape index (κ3) is 3.45. The number of halogens is 3. The maximum atomic E-state index is 6.18. The van der Waals surface area contributed by atoms with Gasteiger partial charge in [0, 0.05) is 34.4 Å². The second-order valence-corrected chi connectivity index (χ2v) is 6.99. The first-order valence-electron chi connectivity index (χ1n) is 5.32. The lowest BCUT2D eigenvalue weighted by Gasteiger charge is -2.15. The Morgan fingerprint density at radius 3 is 2.72 bits per heavy atom. The number of likely N-dealkylation sites (N-methyl/N-ethyl adjacent to an activating group) is 1. The van der Waals surface area contributed by atoms with Crippen LogP contribution in [0.15, 0.2) is 28.9 Å². The highest BCUT2D eigenvalue weighted by Crippen LogP contribution is 2.35. The maximum Gasteiger partial charge on any atom is 0.0992 e. The predicted octanol–water partition coefficient (Wildman–Crippen LogP) is 4.72. The Morgan fingerprint density at radius 2 is 2.22 bits per heavy atom. The smallest absolute Gasteiger partial charge is 0.0992 e. The molecule has 0 aliphatic heterocycles. The predicted molar refractivity (Wildman–Crippen MR) is 81.8 cm³/mol. The fourth-order valence-electron chi connectivity index (χ4n) is 1.69. The number of nitrogens with one attached hydrogen (secondary N) is 1. The van der Waals surface area contributed by atoms with E-state index in [0.29, 0.717) is 4.34 Å². The first kappa shape index (κ1) is 14.3. The van der Waals surface area contributed by atoms with E-state index in [1.54, 1.807) is 6.20 Å². The van der Waals surface area contributed by atoms with E-state index >= 15 is 0 Å². The van der Waals surface area contributed by atoms with Gasteiger partial charge >= 0.3 is 0 Å². The highest BCUT2D eigenvalue weighted by Gasteiger charge is 2.17. The molecular formula is C12H11BrCl2N2S. The minimum absolute atomic E-state index is 0.120. The van der Waals surface area contributed by atoms with E-state index in [4.69, 9.17) is 23.2 Å². The molecule has 6 heteroatoms. The van der Waals surface area contributed by atoms with Gasteiger partial charge in [-0.1, -0.05) is 23.2 Å². The summed E-state index contributed by atoms with van der Waals surface area (Å²) in [7, 11) is 1.91. The van der Waals surface area contributed by atoms with Crippen molar-refractivity contribution < 1.29 is 0 Å². The van der Waals surface area contributed by atoms with Gasteiger partial charge in [-0.05, 0) is 41.2 Å². The lowest BCUT2D eigenvalue weighted by atomic mass is 10.1. The maximum absolute atomic E-state index is 6.18. The number of hydrogen-bond donors (Lipinski definition) is 1. The Bertz CT molecular complexity index is 527. The Morgan fingerprint density at radius 1 is 1.44 bits per heavy atom. The minimum Gasteiger partial charge on any atom is -0.313 e. The molecule has 2 nitrogen and oxygen atoms in total. The molecule has 0 aliphatic carbocycles. The SMILES string of the molecule is CNC(Cc1ccc(Br)cn1)c1cc(Cl)sc1Cl. The summed E-state index contributed by atoms with van der Waals surface area (Å²) in [5, 5.41) is 3.25. The zero-order chi connectivity index (χ0) is 13.1. The van der Waals surface area contributed by atoms with Crippen molar-refractivity contribution in [3.05, 3.63) is 48.8 Å². The molecule has 1 atom stereocenters. The number of pyridine rings is 1. The van der Waals surface area contributed by atoms with Crippen molar-refractivity contribution in [1.82, 2.24) is 10.3 Å². The van der Waals surface area contributed by atoms with Gasteiger partial charge in [0.1, 0.15) is 0 Å². The zero-order valence-electron chi connectivity index (χ0n) is 9.58. The molecule has 0 radical (unpaired) electrons. The van der Waals surface area contributed by atoms with Gasteiger partial charge in [-0.2, -0.15) is 0 Å². The van der Waals surface area contributed by atoms with E-state index in [1.807, 2.05) is 25.2 Å². The van der Waals surface area contributed by atoms with Crippen LogP contribution in [0, 0.1) is 0 Å². The molecular weight excluding hydrogens is 355 g/mol. The zero-order valence-corrected chi connectivity index (χ0v) is 13.5. The van der Waals surface area contributed by atoms with Crippen molar-refractivity contribution in [3.63, 3.8) is 0 Å². The van der Waals surface area contributed by atoms with Crippen LogP contribution < -0.4 is 5.32 Å². The summed E-state index contributed by atoms with van der Waals surface area (Å²) in [6, 6.07) is 6.01. The van der Waals surface area contributed by atoms with Gasteiger partial charge in [-0.15, -0.1) is 11.3 Å². The van der Waals surface area contributed by atoms with Crippen LogP contribution in [0.2, 0.25) is 8.67 Å². The molecule has 0 fully saturated rings. The van der Waals surface area contributed by atoms with Crippen LogP contribution in [0.5, 0.6) is 0 Å². The van der Waals surface area contributed by atoms with Gasteiger partial charge in [0.15, 0.2) is 0 Å². The van der Waals surface area contributed by atoms with E-state index in [1.165, 1.54) is 11.3 Å². The Balaban J connectivity index is 2.19. The van der Waals surface area contributed by atoms with Crippen molar-refractivity contribution >= 4 is 50.5 Å².